The van der Waals surface area contributed by atoms with Crippen LogP contribution in [-0.4, -0.2) is 22.7 Å². The number of nitrogens with one attached hydrogen (secondary N) is 1. The summed E-state index contributed by atoms with van der Waals surface area (Å²) in [7, 11) is -7.57. The van der Waals surface area contributed by atoms with Crippen molar-refractivity contribution in [3.05, 3.63) is 59.7 Å². The number of sulfonamides is 1. The molecule has 0 aliphatic carbocycles. The van der Waals surface area contributed by atoms with Crippen molar-refractivity contribution in [1.29, 1.82) is 0 Å². The quantitative estimate of drug-likeness (QED) is 0.903. The Balaban J connectivity index is 2.17. The van der Waals surface area contributed by atoms with E-state index in [0.29, 0.717) is 0 Å². The number of hydrogen-bond acceptors (Lipinski definition) is 4. The predicted molar refractivity (Wildman–Crippen MR) is 84.7 cm³/mol. The van der Waals surface area contributed by atoms with E-state index in [1.807, 2.05) is 13.8 Å². The summed E-state index contributed by atoms with van der Waals surface area (Å²) in [6, 6.07) is 12.5. The highest BCUT2D eigenvalue weighted by Crippen LogP contribution is 2.14. The molecule has 2 aromatic carbocycles. The van der Waals surface area contributed by atoms with Gasteiger partial charge in [-0.15, -0.1) is 0 Å². The van der Waals surface area contributed by atoms with Crippen LogP contribution < -0.4 is 4.72 Å². The Bertz CT molecular complexity index is 777. The predicted octanol–water partition coefficient (Wildman–Crippen LogP) is 2.01. The molecule has 0 saturated heterocycles. The zero-order chi connectivity index (χ0) is 16.4. The van der Waals surface area contributed by atoms with Gasteiger partial charge in [-0.2, -0.15) is 4.72 Å². The highest BCUT2D eigenvalue weighted by Gasteiger charge is 2.20. The molecule has 0 fully saturated rings. The second kappa shape index (κ2) is 6.20. The lowest BCUT2D eigenvalue weighted by Crippen LogP contribution is -2.29. The van der Waals surface area contributed by atoms with E-state index in [1.54, 1.807) is 24.3 Å². The molecule has 0 saturated carbocycles. The van der Waals surface area contributed by atoms with E-state index >= 15 is 0 Å². The van der Waals surface area contributed by atoms with E-state index in [9.17, 15) is 16.8 Å². The molecule has 2 aromatic rings. The molecule has 0 heterocycles. The molecule has 0 aromatic heterocycles. The van der Waals surface area contributed by atoms with E-state index in [1.165, 1.54) is 24.3 Å². The summed E-state index contributed by atoms with van der Waals surface area (Å²) in [6.45, 7) is 3.68. The van der Waals surface area contributed by atoms with Gasteiger partial charge in [-0.25, -0.2) is 16.8 Å². The summed E-state index contributed by atoms with van der Waals surface area (Å²) in [5, 5.41) is 0. The van der Waals surface area contributed by atoms with Crippen LogP contribution >= 0.6 is 0 Å². The number of hydrogen-bond donors (Lipinski definition) is 1. The molecule has 0 amide bonds. The van der Waals surface area contributed by atoms with E-state index in [4.69, 9.17) is 0 Å². The topological polar surface area (TPSA) is 80.3 Å². The molecule has 0 bridgehead atoms. The van der Waals surface area contributed by atoms with Crippen molar-refractivity contribution in [3.63, 3.8) is 0 Å². The first-order valence-electron chi connectivity index (χ1n) is 6.56. The Morgan fingerprint density at radius 2 is 1.14 bits per heavy atom. The highest BCUT2D eigenvalue weighted by atomic mass is 32.2. The maximum atomic E-state index is 12.1. The third kappa shape index (κ3) is 3.94. The Hall–Kier alpha value is -1.70. The molecule has 5 nitrogen and oxygen atoms in total. The molecule has 0 radical (unpaired) electrons. The molecule has 0 unspecified atom stereocenters. The Morgan fingerprint density at radius 3 is 1.59 bits per heavy atom. The number of sulfone groups is 1. The highest BCUT2D eigenvalue weighted by molar-refractivity contribution is 7.94. The summed E-state index contributed by atoms with van der Waals surface area (Å²) in [6.07, 6.45) is 0. The Kier molecular flexibility index (Phi) is 4.69. The van der Waals surface area contributed by atoms with Crippen molar-refractivity contribution in [3.8, 4) is 0 Å². The van der Waals surface area contributed by atoms with Crippen LogP contribution in [0, 0.1) is 13.8 Å². The fourth-order valence-corrected chi connectivity index (χ4v) is 4.40. The van der Waals surface area contributed by atoms with Gasteiger partial charge in [0.1, 0.15) is 5.88 Å². The minimum absolute atomic E-state index is 0.0391. The lowest BCUT2D eigenvalue weighted by atomic mass is 10.2. The van der Waals surface area contributed by atoms with Crippen LogP contribution in [0.15, 0.2) is 58.3 Å². The van der Waals surface area contributed by atoms with Crippen molar-refractivity contribution in [2.24, 2.45) is 0 Å². The molecule has 0 atom stereocenters. The van der Waals surface area contributed by atoms with Crippen LogP contribution in [0.25, 0.3) is 0 Å². The van der Waals surface area contributed by atoms with Crippen molar-refractivity contribution in [2.75, 3.05) is 5.88 Å². The molecule has 22 heavy (non-hydrogen) atoms. The molecule has 7 heteroatoms. The zero-order valence-electron chi connectivity index (χ0n) is 12.3. The van der Waals surface area contributed by atoms with Gasteiger partial charge in [-0.3, -0.25) is 0 Å². The molecule has 0 aliphatic heterocycles. The lowest BCUT2D eigenvalue weighted by Gasteiger charge is -2.08. The average molecular weight is 339 g/mol. The third-order valence-corrected chi connectivity index (χ3v) is 6.27. The minimum Gasteiger partial charge on any atom is -0.222 e. The van der Waals surface area contributed by atoms with Gasteiger partial charge in [0.15, 0.2) is 9.84 Å². The van der Waals surface area contributed by atoms with E-state index in [2.05, 4.69) is 4.72 Å². The molecule has 0 aliphatic rings. The van der Waals surface area contributed by atoms with Crippen molar-refractivity contribution in [2.45, 2.75) is 23.6 Å². The number of aryl methyl sites for hydroxylation is 2. The molecule has 2 rings (SSSR count). The number of rotatable bonds is 5. The first-order chi connectivity index (χ1) is 10.2. The van der Waals surface area contributed by atoms with Crippen LogP contribution in [0.1, 0.15) is 11.1 Å². The molecular weight excluding hydrogens is 322 g/mol. The van der Waals surface area contributed by atoms with E-state index in [0.717, 1.165) is 11.1 Å². The van der Waals surface area contributed by atoms with Gasteiger partial charge < -0.3 is 0 Å². The minimum atomic E-state index is -3.86. The van der Waals surface area contributed by atoms with E-state index < -0.39 is 25.7 Å². The molecule has 1 N–H and O–H groups in total. The molecular formula is C15H17NO4S2. The van der Waals surface area contributed by atoms with Crippen LogP contribution in [0.5, 0.6) is 0 Å². The van der Waals surface area contributed by atoms with Gasteiger partial charge in [-0.1, -0.05) is 35.4 Å². The van der Waals surface area contributed by atoms with Gasteiger partial charge in [-0.05, 0) is 38.1 Å². The van der Waals surface area contributed by atoms with Gasteiger partial charge >= 0.3 is 0 Å². The van der Waals surface area contributed by atoms with Crippen LogP contribution in [0.3, 0.4) is 0 Å². The fraction of sp³-hybridized carbons (Fsp3) is 0.200. The summed E-state index contributed by atoms with van der Waals surface area (Å²) in [5.74, 6) is -0.674. The largest absolute Gasteiger partial charge is 0.241 e. The summed E-state index contributed by atoms with van der Waals surface area (Å²) in [4.78, 5) is 0.127. The fourth-order valence-electron chi connectivity index (χ4n) is 1.78. The smallest absolute Gasteiger partial charge is 0.222 e. The van der Waals surface area contributed by atoms with Crippen LogP contribution in [0.2, 0.25) is 0 Å². The monoisotopic (exact) mass is 339 g/mol. The second-order valence-electron chi connectivity index (χ2n) is 5.03. The summed E-state index contributed by atoms with van der Waals surface area (Å²) >= 11 is 0. The van der Waals surface area contributed by atoms with Crippen LogP contribution in [0.4, 0.5) is 0 Å². The second-order valence-corrected chi connectivity index (χ2v) is 8.79. The Morgan fingerprint density at radius 1 is 0.727 bits per heavy atom. The lowest BCUT2D eigenvalue weighted by molar-refractivity contribution is 0.576. The molecule has 0 spiro atoms. The van der Waals surface area contributed by atoms with Crippen molar-refractivity contribution < 1.29 is 16.8 Å². The average Bonchev–Trinajstić information content (AvgIpc) is 2.46. The van der Waals surface area contributed by atoms with Gasteiger partial charge in [0.25, 0.3) is 0 Å². The SMILES string of the molecule is Cc1ccc(S(=O)(=O)CNS(=O)(=O)c2ccc(C)cc2)cc1. The number of benzene rings is 2. The standard InChI is InChI=1S/C15H17NO4S2/c1-12-3-7-14(8-4-12)21(17,18)11-16-22(19,20)15-9-5-13(2)6-10-15/h3-10,16H,11H2,1-2H3. The first-order valence-corrected chi connectivity index (χ1v) is 9.70. The van der Waals surface area contributed by atoms with Crippen molar-refractivity contribution in [1.82, 2.24) is 4.72 Å². The third-order valence-electron chi connectivity index (χ3n) is 3.15. The van der Waals surface area contributed by atoms with Crippen LogP contribution in [-0.2, 0) is 19.9 Å². The van der Waals surface area contributed by atoms with Crippen molar-refractivity contribution >= 4 is 19.9 Å². The first kappa shape index (κ1) is 16.7. The van der Waals surface area contributed by atoms with Gasteiger partial charge in [0.2, 0.25) is 10.0 Å². The van der Waals surface area contributed by atoms with Gasteiger partial charge in [0, 0.05) is 0 Å². The van der Waals surface area contributed by atoms with Gasteiger partial charge in [0.05, 0.1) is 9.79 Å². The zero-order valence-corrected chi connectivity index (χ0v) is 13.9. The normalized spacial score (nSPS) is 12.3. The molecule has 118 valence electrons. The summed E-state index contributed by atoms with van der Waals surface area (Å²) < 4.78 is 50.6. The maximum Gasteiger partial charge on any atom is 0.241 e. The Labute approximate surface area is 131 Å². The van der Waals surface area contributed by atoms with E-state index in [-0.39, 0.29) is 9.79 Å². The summed E-state index contributed by atoms with van der Waals surface area (Å²) in [5.41, 5.74) is 1.85. The maximum absolute atomic E-state index is 12.1.